The molecule has 0 aliphatic heterocycles. The first kappa shape index (κ1) is 17.0. The van der Waals surface area contributed by atoms with E-state index in [1.807, 2.05) is 13.8 Å². The van der Waals surface area contributed by atoms with Gasteiger partial charge in [-0.2, -0.15) is 0 Å². The normalized spacial score (nSPS) is 10.4. The molecular weight excluding hydrogens is 395 g/mol. The first-order chi connectivity index (χ1) is 9.29. The SMILES string of the molecule is CC(C)CN(CC(=O)O)C(=O)Nc1ccc(Cl)cc1I. The summed E-state index contributed by atoms with van der Waals surface area (Å²) in [5.74, 6) is -0.851. The number of hydrogen-bond acceptors (Lipinski definition) is 2. The summed E-state index contributed by atoms with van der Waals surface area (Å²) in [6.45, 7) is 3.90. The van der Waals surface area contributed by atoms with Crippen molar-refractivity contribution in [1.29, 1.82) is 0 Å². The van der Waals surface area contributed by atoms with Crippen LogP contribution in [-0.2, 0) is 4.79 Å². The van der Waals surface area contributed by atoms with E-state index in [1.54, 1.807) is 18.2 Å². The van der Waals surface area contributed by atoms with E-state index in [0.29, 0.717) is 17.3 Å². The summed E-state index contributed by atoms with van der Waals surface area (Å²) in [7, 11) is 0. The molecule has 0 atom stereocenters. The number of benzene rings is 1. The number of nitrogens with one attached hydrogen (secondary N) is 1. The van der Waals surface area contributed by atoms with Crippen molar-refractivity contribution in [2.24, 2.45) is 5.92 Å². The fourth-order valence-electron chi connectivity index (χ4n) is 1.61. The maximum Gasteiger partial charge on any atom is 0.323 e. The Labute approximate surface area is 136 Å². The molecule has 0 aliphatic rings. The topological polar surface area (TPSA) is 69.6 Å². The molecule has 0 aromatic heterocycles. The van der Waals surface area contributed by atoms with Crippen LogP contribution in [0.4, 0.5) is 10.5 Å². The summed E-state index contributed by atoms with van der Waals surface area (Å²) in [6.07, 6.45) is 0. The van der Waals surface area contributed by atoms with Crippen LogP contribution < -0.4 is 5.32 Å². The zero-order chi connectivity index (χ0) is 15.3. The summed E-state index contributed by atoms with van der Waals surface area (Å²) < 4.78 is 0.795. The largest absolute Gasteiger partial charge is 0.480 e. The lowest BCUT2D eigenvalue weighted by atomic mass is 10.2. The molecular formula is C13H16ClIN2O3. The number of urea groups is 1. The number of nitrogens with zero attached hydrogens (tertiary/aromatic N) is 1. The van der Waals surface area contributed by atoms with Crippen molar-refractivity contribution in [1.82, 2.24) is 4.90 Å². The highest BCUT2D eigenvalue weighted by Gasteiger charge is 2.18. The van der Waals surface area contributed by atoms with E-state index in [1.165, 1.54) is 4.90 Å². The Bertz CT molecular complexity index is 508. The molecule has 0 unspecified atom stereocenters. The Kier molecular flexibility index (Phi) is 6.54. The van der Waals surface area contributed by atoms with Crippen LogP contribution in [0.5, 0.6) is 0 Å². The molecule has 0 radical (unpaired) electrons. The number of rotatable bonds is 5. The number of carbonyl (C=O) groups excluding carboxylic acids is 1. The number of carboxylic acids is 1. The predicted octanol–water partition coefficient (Wildman–Crippen LogP) is 3.52. The molecule has 2 N–H and O–H groups in total. The van der Waals surface area contributed by atoms with Gasteiger partial charge in [0.2, 0.25) is 0 Å². The van der Waals surface area contributed by atoms with Gasteiger partial charge in [-0.25, -0.2) is 4.79 Å². The average molecular weight is 411 g/mol. The minimum atomic E-state index is -1.04. The van der Waals surface area contributed by atoms with Gasteiger partial charge in [0, 0.05) is 15.1 Å². The highest BCUT2D eigenvalue weighted by Crippen LogP contribution is 2.22. The van der Waals surface area contributed by atoms with E-state index in [4.69, 9.17) is 16.7 Å². The van der Waals surface area contributed by atoms with E-state index in [-0.39, 0.29) is 12.5 Å². The Morgan fingerprint density at radius 3 is 2.60 bits per heavy atom. The molecule has 0 saturated heterocycles. The second-order valence-corrected chi connectivity index (χ2v) is 6.32. The highest BCUT2D eigenvalue weighted by molar-refractivity contribution is 14.1. The summed E-state index contributed by atoms with van der Waals surface area (Å²) in [4.78, 5) is 24.2. The molecule has 1 aromatic rings. The zero-order valence-corrected chi connectivity index (χ0v) is 14.1. The molecule has 7 heteroatoms. The number of amides is 2. The van der Waals surface area contributed by atoms with E-state index in [2.05, 4.69) is 27.9 Å². The molecule has 0 aliphatic carbocycles. The van der Waals surface area contributed by atoms with Gasteiger partial charge in [0.25, 0.3) is 0 Å². The first-order valence-corrected chi connectivity index (χ1v) is 7.48. The predicted molar refractivity (Wildman–Crippen MR) is 87.2 cm³/mol. The van der Waals surface area contributed by atoms with Crippen molar-refractivity contribution in [3.05, 3.63) is 26.8 Å². The lowest BCUT2D eigenvalue weighted by Crippen LogP contribution is -2.41. The quantitative estimate of drug-likeness (QED) is 0.730. The molecule has 2 amide bonds. The van der Waals surface area contributed by atoms with E-state index in [9.17, 15) is 9.59 Å². The van der Waals surface area contributed by atoms with Crippen LogP contribution in [0.2, 0.25) is 5.02 Å². The van der Waals surface area contributed by atoms with Crippen molar-refractivity contribution in [3.63, 3.8) is 0 Å². The van der Waals surface area contributed by atoms with Gasteiger partial charge >= 0.3 is 12.0 Å². The van der Waals surface area contributed by atoms with Crippen molar-refractivity contribution in [3.8, 4) is 0 Å². The van der Waals surface area contributed by atoms with Gasteiger partial charge in [0.15, 0.2) is 0 Å². The molecule has 0 spiro atoms. The number of carboxylic acid groups (broad SMARTS) is 1. The van der Waals surface area contributed by atoms with Gasteiger partial charge in [0.1, 0.15) is 6.54 Å². The first-order valence-electron chi connectivity index (χ1n) is 6.02. The monoisotopic (exact) mass is 410 g/mol. The van der Waals surface area contributed by atoms with Gasteiger partial charge in [-0.05, 0) is 46.7 Å². The van der Waals surface area contributed by atoms with Crippen LogP contribution in [0.25, 0.3) is 0 Å². The van der Waals surface area contributed by atoms with Crippen LogP contribution in [0, 0.1) is 9.49 Å². The summed E-state index contributed by atoms with van der Waals surface area (Å²) in [5, 5.41) is 12.1. The molecule has 1 rings (SSSR count). The average Bonchev–Trinajstić information content (AvgIpc) is 2.30. The van der Waals surface area contributed by atoms with Gasteiger partial charge in [-0.15, -0.1) is 0 Å². The number of carbonyl (C=O) groups is 2. The van der Waals surface area contributed by atoms with E-state index < -0.39 is 12.0 Å². The van der Waals surface area contributed by atoms with E-state index >= 15 is 0 Å². The third-order valence-electron chi connectivity index (χ3n) is 2.37. The molecule has 0 bridgehead atoms. The lowest BCUT2D eigenvalue weighted by Gasteiger charge is -2.23. The van der Waals surface area contributed by atoms with Crippen LogP contribution in [-0.4, -0.2) is 35.1 Å². The van der Waals surface area contributed by atoms with Crippen molar-refractivity contribution >= 4 is 51.9 Å². The van der Waals surface area contributed by atoms with Crippen molar-refractivity contribution in [2.75, 3.05) is 18.4 Å². The Morgan fingerprint density at radius 1 is 1.45 bits per heavy atom. The Balaban J connectivity index is 2.81. The fraction of sp³-hybridized carbons (Fsp3) is 0.385. The molecule has 0 saturated carbocycles. The van der Waals surface area contributed by atoms with Crippen LogP contribution in [0.15, 0.2) is 18.2 Å². The zero-order valence-electron chi connectivity index (χ0n) is 11.2. The van der Waals surface area contributed by atoms with Crippen molar-refractivity contribution in [2.45, 2.75) is 13.8 Å². The molecule has 5 nitrogen and oxygen atoms in total. The standard InChI is InChI=1S/C13H16ClIN2O3/c1-8(2)6-17(7-12(18)19)13(20)16-11-4-3-9(14)5-10(11)15/h3-5,8H,6-7H2,1-2H3,(H,16,20)(H,18,19). The van der Waals surface area contributed by atoms with Gasteiger partial charge in [0.05, 0.1) is 5.69 Å². The Morgan fingerprint density at radius 2 is 2.10 bits per heavy atom. The van der Waals surface area contributed by atoms with Crippen LogP contribution in [0.1, 0.15) is 13.8 Å². The van der Waals surface area contributed by atoms with Crippen LogP contribution >= 0.6 is 34.2 Å². The summed E-state index contributed by atoms with van der Waals surface area (Å²) >= 11 is 7.91. The fourth-order valence-corrected chi connectivity index (χ4v) is 2.61. The smallest absolute Gasteiger partial charge is 0.323 e. The molecule has 0 heterocycles. The molecule has 110 valence electrons. The maximum absolute atomic E-state index is 12.1. The number of anilines is 1. The second-order valence-electron chi connectivity index (χ2n) is 4.72. The van der Waals surface area contributed by atoms with Gasteiger partial charge in [-0.3, -0.25) is 4.79 Å². The number of halogens is 2. The summed E-state index contributed by atoms with van der Waals surface area (Å²) in [6, 6.07) is 4.66. The summed E-state index contributed by atoms with van der Waals surface area (Å²) in [5.41, 5.74) is 0.610. The minimum absolute atomic E-state index is 0.185. The van der Waals surface area contributed by atoms with Crippen LogP contribution in [0.3, 0.4) is 0 Å². The molecule has 20 heavy (non-hydrogen) atoms. The third kappa shape index (κ3) is 5.54. The maximum atomic E-state index is 12.1. The Hall–Kier alpha value is -1.02. The molecule has 0 fully saturated rings. The highest BCUT2D eigenvalue weighted by atomic mass is 127. The van der Waals surface area contributed by atoms with E-state index in [0.717, 1.165) is 3.57 Å². The second kappa shape index (κ2) is 7.68. The van der Waals surface area contributed by atoms with Gasteiger partial charge in [-0.1, -0.05) is 25.4 Å². The van der Waals surface area contributed by atoms with Gasteiger partial charge < -0.3 is 15.3 Å². The lowest BCUT2D eigenvalue weighted by molar-refractivity contribution is -0.137. The minimum Gasteiger partial charge on any atom is -0.480 e. The molecule has 1 aromatic carbocycles. The number of aliphatic carboxylic acids is 1. The van der Waals surface area contributed by atoms with Crippen molar-refractivity contribution < 1.29 is 14.7 Å². The number of hydrogen-bond donors (Lipinski definition) is 2. The third-order valence-corrected chi connectivity index (χ3v) is 3.50.